The predicted molar refractivity (Wildman–Crippen MR) is 130 cm³/mol. The van der Waals surface area contributed by atoms with Gasteiger partial charge in [0, 0.05) is 19.4 Å². The molecule has 3 aliphatic heterocycles. The van der Waals surface area contributed by atoms with Crippen molar-refractivity contribution in [2.24, 2.45) is 34.5 Å². The van der Waals surface area contributed by atoms with Crippen LogP contribution < -0.4 is 0 Å². The number of hydrogen-bond acceptors (Lipinski definition) is 10. The summed E-state index contributed by atoms with van der Waals surface area (Å²) in [6.07, 6.45) is 4.32. The molecule has 0 amide bonds. The molecule has 0 aromatic carbocycles. The van der Waals surface area contributed by atoms with Crippen molar-refractivity contribution in [1.82, 2.24) is 0 Å². The van der Waals surface area contributed by atoms with Crippen LogP contribution in [0.25, 0.3) is 0 Å². The molecule has 10 nitrogen and oxygen atoms in total. The van der Waals surface area contributed by atoms with Crippen LogP contribution in [0.2, 0.25) is 0 Å². The van der Waals surface area contributed by atoms with Crippen molar-refractivity contribution in [2.45, 2.75) is 88.0 Å². The van der Waals surface area contributed by atoms with Gasteiger partial charge < -0.3 is 29.2 Å². The average Bonchev–Trinajstić information content (AvgIpc) is 3.23. The first-order valence-corrected chi connectivity index (χ1v) is 13.7. The minimum absolute atomic E-state index is 0.108. The number of fused-ring (bicyclic) bond motifs is 7. The van der Waals surface area contributed by atoms with E-state index in [4.69, 9.17) is 18.9 Å². The van der Waals surface area contributed by atoms with Gasteiger partial charge in [-0.25, -0.2) is 9.59 Å². The van der Waals surface area contributed by atoms with Crippen molar-refractivity contribution in [3.8, 4) is 0 Å². The van der Waals surface area contributed by atoms with Gasteiger partial charge in [0.05, 0.1) is 23.4 Å². The molecule has 0 radical (unpaired) electrons. The van der Waals surface area contributed by atoms with Crippen LogP contribution in [0.4, 0.5) is 0 Å². The van der Waals surface area contributed by atoms with Crippen LogP contribution in [0.1, 0.15) is 53.4 Å². The average molecular weight is 543 g/mol. The molecule has 210 valence electrons. The third-order valence-electron chi connectivity index (χ3n) is 12.1. The molecule has 4 bridgehead atoms. The van der Waals surface area contributed by atoms with Crippen molar-refractivity contribution < 1.29 is 48.3 Å². The van der Waals surface area contributed by atoms with E-state index in [1.54, 1.807) is 32.9 Å². The van der Waals surface area contributed by atoms with Gasteiger partial charge >= 0.3 is 17.9 Å². The van der Waals surface area contributed by atoms with E-state index >= 15 is 0 Å². The molecule has 3 saturated heterocycles. The van der Waals surface area contributed by atoms with Gasteiger partial charge in [-0.1, -0.05) is 32.1 Å². The van der Waals surface area contributed by atoms with Gasteiger partial charge in [-0.15, -0.1) is 0 Å². The van der Waals surface area contributed by atoms with E-state index in [0.717, 1.165) is 0 Å². The van der Waals surface area contributed by atoms with E-state index in [1.165, 1.54) is 14.0 Å². The molecule has 0 unspecified atom stereocenters. The van der Waals surface area contributed by atoms with Crippen LogP contribution in [0.3, 0.4) is 0 Å². The predicted octanol–water partition coefficient (Wildman–Crippen LogP) is 1.16. The molecule has 0 aromatic rings. The molecule has 39 heavy (non-hydrogen) atoms. The number of carbonyl (C=O) groups is 4. The summed E-state index contributed by atoms with van der Waals surface area (Å²) < 4.78 is 23.2. The Hall–Kier alpha value is -2.56. The lowest BCUT2D eigenvalue weighted by atomic mass is 9.40. The summed E-state index contributed by atoms with van der Waals surface area (Å²) in [6.45, 7) is 6.79. The molecule has 7 aliphatic rings. The molecule has 7 rings (SSSR count). The van der Waals surface area contributed by atoms with E-state index < -0.39 is 87.0 Å². The van der Waals surface area contributed by atoms with Crippen LogP contribution in [-0.4, -0.2) is 75.6 Å². The topological polar surface area (TPSA) is 146 Å². The normalized spacial score (nSPS) is 56.7. The monoisotopic (exact) mass is 542 g/mol. The van der Waals surface area contributed by atoms with Gasteiger partial charge in [0.25, 0.3) is 0 Å². The quantitative estimate of drug-likeness (QED) is 0.366. The first-order valence-electron chi connectivity index (χ1n) is 13.7. The van der Waals surface area contributed by atoms with Crippen molar-refractivity contribution in [3.63, 3.8) is 0 Å². The summed E-state index contributed by atoms with van der Waals surface area (Å²) in [6, 6.07) is 0. The van der Waals surface area contributed by atoms with Crippen molar-refractivity contribution in [3.05, 3.63) is 23.8 Å². The molecule has 0 aromatic heterocycles. The second-order valence-electron chi connectivity index (χ2n) is 13.4. The maximum Gasteiger partial charge on any atom is 0.343 e. The fourth-order valence-electron chi connectivity index (χ4n) is 9.81. The molecule has 3 heterocycles. The highest BCUT2D eigenvalue weighted by Crippen LogP contribution is 2.74. The molecule has 4 aliphatic carbocycles. The van der Waals surface area contributed by atoms with Crippen LogP contribution in [0.15, 0.2) is 23.8 Å². The molecule has 1 spiro atoms. The Kier molecular flexibility index (Phi) is 4.57. The maximum absolute atomic E-state index is 14.1. The van der Waals surface area contributed by atoms with Crippen LogP contribution in [0.5, 0.6) is 0 Å². The standard InChI is InChI=1S/C29H34O10/c1-13-20(31)37-19-12-24(13,2)21-28(35)17-7-6-14-10-15(36-5)11-18(30)25(14,3)16(17)8-9-27(34)22(32)38-26(19,4)29(21,27)39-23(28)33/h6-7,10,13,15-17,19,21,34-35H,8-9,11-12H2,1-5H3/t13-,15-,16+,17+,19-,21-,24-,25+,26+,27+,28+,29+/m1/s1. The maximum atomic E-state index is 14.1. The SMILES string of the molecule is CO[C@@H]1C=C2C=C[C@H]3[C@H](CC[C@]4(O)C(=O)O[C@@]5(C)[C@H]6C[C@](C)([C@H](C)C(=O)O6)[C@@H]6[C@]3(O)C(=O)O[C@@]654)[C@@]2(C)C(=O)C1. The van der Waals surface area contributed by atoms with Gasteiger partial charge in [0.2, 0.25) is 11.2 Å². The minimum atomic E-state index is -2.32. The Morgan fingerprint density at radius 1 is 1.05 bits per heavy atom. The summed E-state index contributed by atoms with van der Waals surface area (Å²) in [4.78, 5) is 54.7. The second kappa shape index (κ2) is 7.01. The third kappa shape index (κ3) is 2.37. The fraction of sp³-hybridized carbons (Fsp3) is 0.724. The van der Waals surface area contributed by atoms with E-state index in [1.807, 2.05) is 6.08 Å². The number of aliphatic hydroxyl groups is 2. The smallest absolute Gasteiger partial charge is 0.343 e. The number of carbonyl (C=O) groups excluding carboxylic acids is 4. The van der Waals surface area contributed by atoms with Crippen LogP contribution in [0, 0.1) is 34.5 Å². The Morgan fingerprint density at radius 2 is 1.77 bits per heavy atom. The first kappa shape index (κ1) is 25.4. The Balaban J connectivity index is 1.53. The number of hydrogen-bond donors (Lipinski definition) is 2. The summed E-state index contributed by atoms with van der Waals surface area (Å²) >= 11 is 0. The second-order valence-corrected chi connectivity index (χ2v) is 13.4. The Labute approximate surface area is 225 Å². The summed E-state index contributed by atoms with van der Waals surface area (Å²) in [5.41, 5.74) is -9.80. The van der Waals surface area contributed by atoms with Crippen molar-refractivity contribution in [2.75, 3.05) is 7.11 Å². The lowest BCUT2D eigenvalue weighted by Gasteiger charge is -2.64. The highest BCUT2D eigenvalue weighted by Gasteiger charge is 2.93. The van der Waals surface area contributed by atoms with Gasteiger partial charge in [0.1, 0.15) is 11.9 Å². The zero-order valence-electron chi connectivity index (χ0n) is 22.7. The Bertz CT molecular complexity index is 1320. The highest BCUT2D eigenvalue weighted by atomic mass is 16.7. The molecular formula is C29H34O10. The summed E-state index contributed by atoms with van der Waals surface area (Å²) in [7, 11) is 1.53. The lowest BCUT2D eigenvalue weighted by Crippen LogP contribution is -2.80. The van der Waals surface area contributed by atoms with Gasteiger partial charge in [-0.2, -0.15) is 0 Å². The molecule has 10 heteroatoms. The number of methoxy groups -OCH3 is 1. The third-order valence-corrected chi connectivity index (χ3v) is 12.1. The highest BCUT2D eigenvalue weighted by molar-refractivity contribution is 5.95. The number of rotatable bonds is 1. The molecule has 5 fully saturated rings. The Morgan fingerprint density at radius 3 is 2.46 bits per heavy atom. The van der Waals surface area contributed by atoms with Gasteiger partial charge in [0.15, 0.2) is 11.2 Å². The number of ether oxygens (including phenoxy) is 4. The minimum Gasteiger partial charge on any atom is -0.458 e. The summed E-state index contributed by atoms with van der Waals surface area (Å²) in [5, 5.41) is 25.2. The van der Waals surface area contributed by atoms with E-state index in [2.05, 4.69) is 0 Å². The number of esters is 3. The van der Waals surface area contributed by atoms with Gasteiger partial charge in [-0.05, 0) is 50.0 Å². The number of ketones is 1. The fourth-order valence-corrected chi connectivity index (χ4v) is 9.81. The van der Waals surface area contributed by atoms with Crippen LogP contribution in [-0.2, 0) is 38.1 Å². The van der Waals surface area contributed by atoms with E-state index in [-0.39, 0.29) is 31.5 Å². The van der Waals surface area contributed by atoms with Crippen molar-refractivity contribution in [1.29, 1.82) is 0 Å². The lowest BCUT2D eigenvalue weighted by molar-refractivity contribution is -0.303. The molecule has 2 saturated carbocycles. The number of allylic oxidation sites excluding steroid dienone is 2. The van der Waals surface area contributed by atoms with E-state index in [0.29, 0.717) is 5.57 Å². The molecular weight excluding hydrogens is 508 g/mol. The molecule has 12 atom stereocenters. The van der Waals surface area contributed by atoms with Gasteiger partial charge in [-0.3, -0.25) is 9.59 Å². The molecule has 2 N–H and O–H groups in total. The first-order chi connectivity index (χ1) is 18.2. The van der Waals surface area contributed by atoms with Crippen LogP contribution >= 0.6 is 0 Å². The van der Waals surface area contributed by atoms with Crippen molar-refractivity contribution >= 4 is 23.7 Å². The zero-order chi connectivity index (χ0) is 28.1. The largest absolute Gasteiger partial charge is 0.458 e. The summed E-state index contributed by atoms with van der Waals surface area (Å²) in [5.74, 6) is -6.13. The van der Waals surface area contributed by atoms with E-state index in [9.17, 15) is 29.4 Å². The zero-order valence-corrected chi connectivity index (χ0v) is 22.7. The number of Topliss-reactive ketones (excluding diaryl/α,β-unsaturated/α-hetero) is 1.